The summed E-state index contributed by atoms with van der Waals surface area (Å²) in [6.07, 6.45) is 0. The Morgan fingerprint density at radius 3 is 1.55 bits per heavy atom. The van der Waals surface area contributed by atoms with Gasteiger partial charge in [0, 0.05) is 22.6 Å². The highest BCUT2D eigenvalue weighted by Gasteiger charge is 2.48. The summed E-state index contributed by atoms with van der Waals surface area (Å²) in [5, 5.41) is 24.6. The van der Waals surface area contributed by atoms with Gasteiger partial charge < -0.3 is 4.90 Å². The average Bonchev–Trinajstić information content (AvgIpc) is 3.08. The van der Waals surface area contributed by atoms with E-state index in [1.807, 2.05) is 12.1 Å². The van der Waals surface area contributed by atoms with Crippen LogP contribution in [0.3, 0.4) is 0 Å². The molecule has 42 heavy (non-hydrogen) atoms. The highest BCUT2D eigenvalue weighted by molar-refractivity contribution is 7.21. The van der Waals surface area contributed by atoms with Crippen LogP contribution in [0.2, 0.25) is 0 Å². The van der Waals surface area contributed by atoms with Gasteiger partial charge in [0.25, 0.3) is 0 Å². The molecule has 1 aliphatic heterocycles. The van der Waals surface area contributed by atoms with Crippen molar-refractivity contribution in [3.63, 3.8) is 0 Å². The number of fused-ring (bicyclic) bond motifs is 2. The lowest BCUT2D eigenvalue weighted by atomic mass is 9.97. The summed E-state index contributed by atoms with van der Waals surface area (Å²) in [5.74, 6) is 0. The molecular formula is C38H25N3Si. The summed E-state index contributed by atoms with van der Waals surface area (Å²) < 4.78 is 0. The number of anilines is 3. The van der Waals surface area contributed by atoms with Crippen molar-refractivity contribution < 1.29 is 0 Å². The molecule has 6 aromatic rings. The van der Waals surface area contributed by atoms with Crippen molar-refractivity contribution in [1.29, 1.82) is 10.5 Å². The molecule has 0 unspecified atom stereocenters. The number of nitrogens with zero attached hydrogens (tertiary/aromatic N) is 3. The number of nitriles is 2. The van der Waals surface area contributed by atoms with Crippen molar-refractivity contribution in [1.82, 2.24) is 0 Å². The van der Waals surface area contributed by atoms with Crippen LogP contribution in [0.5, 0.6) is 0 Å². The normalized spacial score (nSPS) is 12.9. The quantitative estimate of drug-likeness (QED) is 0.243. The van der Waals surface area contributed by atoms with Crippen LogP contribution in [-0.2, 0) is 0 Å². The van der Waals surface area contributed by atoms with Gasteiger partial charge in [0.05, 0.1) is 23.3 Å². The molecule has 6 aromatic carbocycles. The molecule has 196 valence electrons. The zero-order valence-corrected chi connectivity index (χ0v) is 23.8. The molecule has 0 fully saturated rings. The molecule has 0 saturated heterocycles. The summed E-state index contributed by atoms with van der Waals surface area (Å²) in [4.78, 5) is 2.36. The molecule has 0 bridgehead atoms. The Balaban J connectivity index is 1.46. The van der Waals surface area contributed by atoms with E-state index in [0.717, 1.165) is 16.8 Å². The van der Waals surface area contributed by atoms with Gasteiger partial charge in [0.2, 0.25) is 0 Å². The van der Waals surface area contributed by atoms with Crippen molar-refractivity contribution in [2.24, 2.45) is 0 Å². The molecular weight excluding hydrogens is 527 g/mol. The average molecular weight is 552 g/mol. The van der Waals surface area contributed by atoms with Gasteiger partial charge in [-0.15, -0.1) is 0 Å². The number of hydrogen-bond donors (Lipinski definition) is 0. The largest absolute Gasteiger partial charge is 0.311 e. The van der Waals surface area contributed by atoms with E-state index in [2.05, 4.69) is 138 Å². The highest BCUT2D eigenvalue weighted by Crippen LogP contribution is 2.39. The third kappa shape index (κ3) is 3.86. The van der Waals surface area contributed by atoms with Gasteiger partial charge in [-0.25, -0.2) is 0 Å². The Labute approximate surface area is 246 Å². The molecule has 0 aliphatic carbocycles. The van der Waals surface area contributed by atoms with Crippen molar-refractivity contribution in [3.05, 3.63) is 163 Å². The Morgan fingerprint density at radius 1 is 0.500 bits per heavy atom. The van der Waals surface area contributed by atoms with E-state index in [-0.39, 0.29) is 0 Å². The molecule has 0 atom stereocenters. The SMILES string of the molecule is N#Cc1ccc(C#N)c(-c2ccc(N3c4ccccc4[Si](c4ccccc4)(c4ccccc4)c4ccccc43)cc2)c1. The van der Waals surface area contributed by atoms with Crippen molar-refractivity contribution >= 4 is 45.9 Å². The number of rotatable bonds is 4. The standard InChI is InChI=1S/C38H25N3Si/c39-26-28-19-20-30(27-40)34(25-28)29-21-23-31(24-22-29)41-35-15-7-9-17-37(35)42(32-11-3-1-4-12-32,33-13-5-2-6-14-33)38-18-10-8-16-36(38)41/h1-25H. The molecule has 1 aliphatic rings. The molecule has 3 nitrogen and oxygen atoms in total. The minimum absolute atomic E-state index is 0.537. The summed E-state index contributed by atoms with van der Waals surface area (Å²) in [6, 6.07) is 57.6. The fourth-order valence-corrected chi connectivity index (χ4v) is 11.5. The minimum Gasteiger partial charge on any atom is -0.311 e. The molecule has 7 rings (SSSR count). The maximum atomic E-state index is 9.72. The Bertz CT molecular complexity index is 1910. The fourth-order valence-electron chi connectivity index (χ4n) is 6.43. The Hall–Kier alpha value is -5.68. The van der Waals surface area contributed by atoms with Gasteiger partial charge in [-0.2, -0.15) is 10.5 Å². The molecule has 4 heteroatoms. The van der Waals surface area contributed by atoms with Gasteiger partial charge in [0.1, 0.15) is 0 Å². The molecule has 0 radical (unpaired) electrons. The third-order valence-electron chi connectivity index (χ3n) is 8.22. The van der Waals surface area contributed by atoms with Crippen LogP contribution >= 0.6 is 0 Å². The van der Waals surface area contributed by atoms with E-state index in [9.17, 15) is 10.5 Å². The van der Waals surface area contributed by atoms with Gasteiger partial charge in [-0.3, -0.25) is 0 Å². The zero-order chi connectivity index (χ0) is 28.5. The van der Waals surface area contributed by atoms with Gasteiger partial charge in [-0.1, -0.05) is 109 Å². The molecule has 0 saturated carbocycles. The number of benzene rings is 6. The van der Waals surface area contributed by atoms with Crippen molar-refractivity contribution in [3.8, 4) is 23.3 Å². The topological polar surface area (TPSA) is 50.8 Å². The lowest BCUT2D eigenvalue weighted by Crippen LogP contribution is -2.77. The van der Waals surface area contributed by atoms with E-state index in [1.165, 1.54) is 32.1 Å². The first-order valence-electron chi connectivity index (χ1n) is 13.9. The summed E-state index contributed by atoms with van der Waals surface area (Å²) in [6.45, 7) is 0. The monoisotopic (exact) mass is 551 g/mol. The van der Waals surface area contributed by atoms with Gasteiger partial charge >= 0.3 is 0 Å². The smallest absolute Gasteiger partial charge is 0.184 e. The van der Waals surface area contributed by atoms with E-state index in [0.29, 0.717) is 11.1 Å². The van der Waals surface area contributed by atoms with Gasteiger partial charge in [-0.05, 0) is 68.8 Å². The molecule has 0 N–H and O–H groups in total. The predicted octanol–water partition coefficient (Wildman–Crippen LogP) is 6.26. The minimum atomic E-state index is -2.65. The van der Waals surface area contributed by atoms with Crippen LogP contribution in [0.15, 0.2) is 152 Å². The highest BCUT2D eigenvalue weighted by atomic mass is 28.3. The lowest BCUT2D eigenvalue weighted by Gasteiger charge is -2.45. The van der Waals surface area contributed by atoms with Crippen LogP contribution in [0.1, 0.15) is 11.1 Å². The van der Waals surface area contributed by atoms with Gasteiger partial charge in [0.15, 0.2) is 8.07 Å². The third-order valence-corrected chi connectivity index (χ3v) is 13.1. The van der Waals surface area contributed by atoms with Crippen LogP contribution in [0.25, 0.3) is 11.1 Å². The van der Waals surface area contributed by atoms with Crippen molar-refractivity contribution in [2.75, 3.05) is 4.90 Å². The van der Waals surface area contributed by atoms with Crippen molar-refractivity contribution in [2.45, 2.75) is 0 Å². The second-order valence-electron chi connectivity index (χ2n) is 10.4. The molecule has 0 aromatic heterocycles. The van der Waals surface area contributed by atoms with E-state index >= 15 is 0 Å². The summed E-state index contributed by atoms with van der Waals surface area (Å²) in [5.41, 5.74) is 6.15. The Kier molecular flexibility index (Phi) is 6.25. The van der Waals surface area contributed by atoms with Crippen LogP contribution in [0.4, 0.5) is 17.1 Å². The van der Waals surface area contributed by atoms with Crippen LogP contribution in [-0.4, -0.2) is 8.07 Å². The predicted molar refractivity (Wildman–Crippen MR) is 173 cm³/mol. The maximum absolute atomic E-state index is 9.72. The van der Waals surface area contributed by atoms with E-state index in [4.69, 9.17) is 0 Å². The first kappa shape index (κ1) is 25.3. The number of hydrogen-bond acceptors (Lipinski definition) is 3. The first-order valence-corrected chi connectivity index (χ1v) is 15.9. The Morgan fingerprint density at radius 2 is 1.02 bits per heavy atom. The van der Waals surface area contributed by atoms with E-state index in [1.54, 1.807) is 18.2 Å². The number of para-hydroxylation sites is 2. The maximum Gasteiger partial charge on any atom is 0.184 e. The first-order chi connectivity index (χ1) is 20.8. The van der Waals surface area contributed by atoms with Crippen LogP contribution in [0, 0.1) is 22.7 Å². The molecule has 1 heterocycles. The molecule has 0 spiro atoms. The zero-order valence-electron chi connectivity index (χ0n) is 22.8. The summed E-state index contributed by atoms with van der Waals surface area (Å²) >= 11 is 0. The van der Waals surface area contributed by atoms with E-state index < -0.39 is 8.07 Å². The fraction of sp³-hybridized carbons (Fsp3) is 0. The van der Waals surface area contributed by atoms with Crippen LogP contribution < -0.4 is 25.6 Å². The second kappa shape index (κ2) is 10.4. The summed E-state index contributed by atoms with van der Waals surface area (Å²) in [7, 11) is -2.65. The second-order valence-corrected chi connectivity index (χ2v) is 14.1. The lowest BCUT2D eigenvalue weighted by molar-refractivity contribution is 1.29. The molecule has 0 amide bonds.